The number of ether oxygens (including phenoxy) is 4. The smallest absolute Gasteiger partial charge is 0.462 e. The third kappa shape index (κ3) is 53.2. The molecule has 0 aromatic rings. The van der Waals surface area contributed by atoms with Crippen molar-refractivity contribution in [3.8, 4) is 0 Å². The van der Waals surface area contributed by atoms with Gasteiger partial charge in [-0.15, -0.1) is 0 Å². The SMILES string of the molecule is CCCCCCCCCCCCCCCCCCCCC(=O)O[C@H](COC(=O)CCCCCCCCC(C)C)COP(=O)(O)OC[C@@H](O)COP(=O)(O)OC[C@@H](COC(=O)CCCCCCC)OC(=O)CCCCCCC. The van der Waals surface area contributed by atoms with Crippen LogP contribution in [0.1, 0.15) is 285 Å². The van der Waals surface area contributed by atoms with Crippen molar-refractivity contribution in [3.05, 3.63) is 0 Å². The first kappa shape index (κ1) is 75.1. The summed E-state index contributed by atoms with van der Waals surface area (Å²) in [4.78, 5) is 71.3. The lowest BCUT2D eigenvalue weighted by atomic mass is 10.0. The van der Waals surface area contributed by atoms with E-state index in [2.05, 4.69) is 34.6 Å². The number of esters is 4. The van der Waals surface area contributed by atoms with Crippen LogP contribution >= 0.6 is 15.6 Å². The number of rotatable bonds is 58. The number of aliphatic hydroxyl groups is 1. The van der Waals surface area contributed by atoms with Crippen LogP contribution in [0.4, 0.5) is 0 Å². The van der Waals surface area contributed by atoms with E-state index in [1.54, 1.807) is 0 Å². The van der Waals surface area contributed by atoms with Gasteiger partial charge in [-0.25, -0.2) is 9.13 Å². The van der Waals surface area contributed by atoms with Crippen molar-refractivity contribution >= 4 is 39.5 Å². The topological polar surface area (TPSA) is 237 Å². The van der Waals surface area contributed by atoms with E-state index in [1.807, 2.05) is 0 Å². The van der Waals surface area contributed by atoms with Gasteiger partial charge in [0, 0.05) is 25.7 Å². The Morgan fingerprint density at radius 2 is 0.597 bits per heavy atom. The van der Waals surface area contributed by atoms with Crippen molar-refractivity contribution in [1.29, 1.82) is 0 Å². The van der Waals surface area contributed by atoms with E-state index in [0.29, 0.717) is 31.6 Å². The molecule has 2 unspecified atom stereocenters. The summed E-state index contributed by atoms with van der Waals surface area (Å²) in [7, 11) is -9.85. The molecule has 0 aliphatic heterocycles. The van der Waals surface area contributed by atoms with Crippen LogP contribution in [0, 0.1) is 5.92 Å². The monoisotopic (exact) mass is 1140 g/mol. The lowest BCUT2D eigenvalue weighted by molar-refractivity contribution is -0.161. The summed E-state index contributed by atoms with van der Waals surface area (Å²) in [6, 6.07) is 0. The molecule has 0 aromatic carbocycles. The second-order valence-electron chi connectivity index (χ2n) is 21.5. The van der Waals surface area contributed by atoms with Crippen LogP contribution in [-0.4, -0.2) is 96.7 Å². The molecular formula is C58H112O17P2. The fraction of sp³-hybridized carbons (Fsp3) is 0.931. The van der Waals surface area contributed by atoms with Gasteiger partial charge in [0.25, 0.3) is 0 Å². The van der Waals surface area contributed by atoms with Crippen LogP contribution < -0.4 is 0 Å². The van der Waals surface area contributed by atoms with Crippen LogP contribution in [0.5, 0.6) is 0 Å². The maximum absolute atomic E-state index is 12.9. The summed E-state index contributed by atoms with van der Waals surface area (Å²) in [5.74, 6) is -1.49. The van der Waals surface area contributed by atoms with Crippen molar-refractivity contribution in [3.63, 3.8) is 0 Å². The third-order valence-corrected chi connectivity index (χ3v) is 15.2. The Kier molecular flexibility index (Phi) is 50.8. The highest BCUT2D eigenvalue weighted by atomic mass is 31.2. The third-order valence-electron chi connectivity index (χ3n) is 13.3. The first-order valence-electron chi connectivity index (χ1n) is 30.6. The second-order valence-corrected chi connectivity index (χ2v) is 24.4. The molecule has 0 heterocycles. The van der Waals surface area contributed by atoms with Gasteiger partial charge in [0.05, 0.1) is 26.4 Å². The number of hydrogen-bond donors (Lipinski definition) is 3. The zero-order valence-electron chi connectivity index (χ0n) is 49.1. The van der Waals surface area contributed by atoms with Crippen molar-refractivity contribution in [2.75, 3.05) is 39.6 Å². The van der Waals surface area contributed by atoms with Crippen molar-refractivity contribution < 1.29 is 80.2 Å². The van der Waals surface area contributed by atoms with E-state index in [1.165, 1.54) is 96.3 Å². The highest BCUT2D eigenvalue weighted by Crippen LogP contribution is 2.45. The van der Waals surface area contributed by atoms with Crippen LogP contribution in [0.25, 0.3) is 0 Å². The van der Waals surface area contributed by atoms with Crippen molar-refractivity contribution in [2.45, 2.75) is 303 Å². The van der Waals surface area contributed by atoms with E-state index >= 15 is 0 Å². The Morgan fingerprint density at radius 1 is 0.351 bits per heavy atom. The Labute approximate surface area is 467 Å². The van der Waals surface area contributed by atoms with Gasteiger partial charge in [-0.05, 0) is 31.6 Å². The first-order chi connectivity index (χ1) is 37.0. The van der Waals surface area contributed by atoms with Crippen LogP contribution in [0.15, 0.2) is 0 Å². The van der Waals surface area contributed by atoms with Gasteiger partial charge in [0.15, 0.2) is 12.2 Å². The lowest BCUT2D eigenvalue weighted by Gasteiger charge is -2.21. The zero-order chi connectivity index (χ0) is 57.1. The molecule has 17 nitrogen and oxygen atoms in total. The van der Waals surface area contributed by atoms with E-state index < -0.39 is 97.5 Å². The van der Waals surface area contributed by atoms with Gasteiger partial charge in [-0.3, -0.25) is 37.3 Å². The number of phosphoric acid groups is 2. The minimum absolute atomic E-state index is 0.0986. The molecule has 0 saturated heterocycles. The molecule has 0 fully saturated rings. The number of phosphoric ester groups is 2. The normalized spacial score (nSPS) is 14.4. The Balaban J connectivity index is 5.06. The molecule has 456 valence electrons. The van der Waals surface area contributed by atoms with Gasteiger partial charge in [-0.1, -0.05) is 234 Å². The van der Waals surface area contributed by atoms with Crippen LogP contribution in [0.3, 0.4) is 0 Å². The molecular weight excluding hydrogens is 1030 g/mol. The summed E-state index contributed by atoms with van der Waals surface area (Å²) >= 11 is 0. The number of aliphatic hydroxyl groups excluding tert-OH is 1. The summed E-state index contributed by atoms with van der Waals surface area (Å²) in [6.45, 7) is 6.88. The quantitative estimate of drug-likeness (QED) is 0.0222. The minimum Gasteiger partial charge on any atom is -0.462 e. The molecule has 0 aliphatic carbocycles. The minimum atomic E-state index is -4.93. The fourth-order valence-electron chi connectivity index (χ4n) is 8.52. The van der Waals surface area contributed by atoms with Crippen molar-refractivity contribution in [2.24, 2.45) is 5.92 Å². The van der Waals surface area contributed by atoms with Gasteiger partial charge in [0.2, 0.25) is 0 Å². The van der Waals surface area contributed by atoms with Crippen molar-refractivity contribution in [1.82, 2.24) is 0 Å². The zero-order valence-corrected chi connectivity index (χ0v) is 50.9. The maximum atomic E-state index is 12.9. The van der Waals surface area contributed by atoms with Crippen LogP contribution in [-0.2, 0) is 65.4 Å². The standard InChI is InChI=1S/C58H112O17P2/c1-6-9-12-15-16-17-18-19-20-21-22-23-24-25-26-27-34-39-44-58(63)75-54(48-69-56(61)42-37-33-29-28-32-35-40-51(4)5)50-73-77(66,67)71-46-52(59)45-70-76(64,65)72-49-53(74-57(62)43-38-31-14-11-8-3)47-68-55(60)41-36-30-13-10-7-2/h51-54,59H,6-50H2,1-5H3,(H,64,65)(H,66,67)/t52-,53+,54+/m0/s1. The largest absolute Gasteiger partial charge is 0.472 e. The predicted octanol–water partition coefficient (Wildman–Crippen LogP) is 15.5. The van der Waals surface area contributed by atoms with E-state index in [9.17, 15) is 43.2 Å². The Morgan fingerprint density at radius 3 is 0.883 bits per heavy atom. The summed E-state index contributed by atoms with van der Waals surface area (Å²) in [5, 5.41) is 10.4. The Bertz CT molecular complexity index is 1520. The van der Waals surface area contributed by atoms with E-state index in [4.69, 9.17) is 37.0 Å². The number of hydrogen-bond acceptors (Lipinski definition) is 15. The molecule has 0 aromatic heterocycles. The lowest BCUT2D eigenvalue weighted by Crippen LogP contribution is -2.30. The van der Waals surface area contributed by atoms with E-state index in [-0.39, 0.29) is 25.7 Å². The molecule has 19 heteroatoms. The fourth-order valence-corrected chi connectivity index (χ4v) is 10.1. The molecule has 0 radical (unpaired) electrons. The van der Waals surface area contributed by atoms with Crippen LogP contribution in [0.2, 0.25) is 0 Å². The average Bonchev–Trinajstić information content (AvgIpc) is 3.39. The first-order valence-corrected chi connectivity index (χ1v) is 33.6. The number of carbonyl (C=O) groups excluding carboxylic acids is 4. The molecule has 0 saturated carbocycles. The predicted molar refractivity (Wildman–Crippen MR) is 303 cm³/mol. The highest BCUT2D eigenvalue weighted by Gasteiger charge is 2.30. The molecule has 3 N–H and O–H groups in total. The molecule has 0 amide bonds. The summed E-state index contributed by atoms with van der Waals surface area (Å²) < 4.78 is 67.3. The van der Waals surface area contributed by atoms with Gasteiger partial charge in [-0.2, -0.15) is 0 Å². The molecule has 5 atom stereocenters. The number of carbonyl (C=O) groups is 4. The second kappa shape index (κ2) is 52.2. The van der Waals surface area contributed by atoms with Gasteiger partial charge in [0.1, 0.15) is 19.3 Å². The number of unbranched alkanes of at least 4 members (excludes halogenated alkanes) is 30. The highest BCUT2D eigenvalue weighted by molar-refractivity contribution is 7.47. The molecule has 77 heavy (non-hydrogen) atoms. The van der Waals surface area contributed by atoms with E-state index in [0.717, 1.165) is 103 Å². The maximum Gasteiger partial charge on any atom is 0.472 e. The molecule has 0 rings (SSSR count). The van der Waals surface area contributed by atoms with Gasteiger partial charge < -0.3 is 33.8 Å². The summed E-state index contributed by atoms with van der Waals surface area (Å²) in [6.07, 6.45) is 34.5. The summed E-state index contributed by atoms with van der Waals surface area (Å²) in [5.41, 5.74) is 0. The average molecular weight is 1140 g/mol. The Hall–Kier alpha value is -1.94. The van der Waals surface area contributed by atoms with Gasteiger partial charge >= 0.3 is 39.5 Å². The molecule has 0 spiro atoms. The molecule has 0 aliphatic rings. The molecule has 0 bridgehead atoms.